The number of halogens is 2. The average Bonchev–Trinajstić information content (AvgIpc) is 2.24. The highest BCUT2D eigenvalue weighted by Crippen LogP contribution is 2.24. The van der Waals surface area contributed by atoms with E-state index >= 15 is 0 Å². The number of nitrogens with one attached hydrogen (secondary N) is 1. The minimum atomic E-state index is -0.968. The number of carbonyl (C=O) groups excluding carboxylic acids is 1. The highest BCUT2D eigenvalue weighted by molar-refractivity contribution is 14.1. The van der Waals surface area contributed by atoms with E-state index in [1.807, 2.05) is 22.6 Å². The first-order valence-corrected chi connectivity index (χ1v) is 6.31. The van der Waals surface area contributed by atoms with Crippen molar-refractivity contribution in [3.63, 3.8) is 0 Å². The van der Waals surface area contributed by atoms with E-state index < -0.39 is 5.41 Å². The third kappa shape index (κ3) is 3.12. The topological polar surface area (TPSA) is 55.1 Å². The van der Waals surface area contributed by atoms with Gasteiger partial charge in [-0.25, -0.2) is 4.39 Å². The molecule has 0 heterocycles. The molecule has 1 aromatic carbocycles. The van der Waals surface area contributed by atoms with Crippen LogP contribution < -0.4 is 11.1 Å². The van der Waals surface area contributed by atoms with Crippen LogP contribution in [0, 0.1) is 14.8 Å². The van der Waals surface area contributed by atoms with Gasteiger partial charge >= 0.3 is 0 Å². The lowest BCUT2D eigenvalue weighted by Gasteiger charge is -2.22. The van der Waals surface area contributed by atoms with Crippen molar-refractivity contribution in [1.29, 1.82) is 0 Å². The number of carbonyl (C=O) groups is 1. The molecule has 0 aromatic heterocycles. The van der Waals surface area contributed by atoms with E-state index in [4.69, 9.17) is 18.0 Å². The fourth-order valence-corrected chi connectivity index (χ4v) is 1.58. The number of hydrogen-bond acceptors (Lipinski definition) is 2. The fraction of sp³-hybridized carbons (Fsp3) is 0.273. The van der Waals surface area contributed by atoms with Gasteiger partial charge in [0.25, 0.3) is 0 Å². The summed E-state index contributed by atoms with van der Waals surface area (Å²) in [4.78, 5) is 12.0. The van der Waals surface area contributed by atoms with Crippen molar-refractivity contribution >= 4 is 51.4 Å². The molecule has 0 bridgehead atoms. The SMILES string of the molecule is CC(C)(C(=O)Nc1cccc(F)c1I)C(N)=S. The highest BCUT2D eigenvalue weighted by atomic mass is 127. The van der Waals surface area contributed by atoms with Crippen LogP contribution in [0.4, 0.5) is 10.1 Å². The first-order valence-electron chi connectivity index (χ1n) is 4.82. The minimum Gasteiger partial charge on any atom is -0.392 e. The molecule has 0 aliphatic heterocycles. The molecule has 0 aliphatic rings. The summed E-state index contributed by atoms with van der Waals surface area (Å²) < 4.78 is 13.6. The summed E-state index contributed by atoms with van der Waals surface area (Å²) in [7, 11) is 0. The van der Waals surface area contributed by atoms with Gasteiger partial charge in [-0.2, -0.15) is 0 Å². The summed E-state index contributed by atoms with van der Waals surface area (Å²) in [6.45, 7) is 3.24. The van der Waals surface area contributed by atoms with Crippen LogP contribution in [-0.4, -0.2) is 10.9 Å². The van der Waals surface area contributed by atoms with Gasteiger partial charge in [0, 0.05) is 0 Å². The molecule has 92 valence electrons. The molecule has 0 unspecified atom stereocenters. The second-order valence-corrected chi connectivity index (χ2v) is 5.56. The van der Waals surface area contributed by atoms with E-state index in [9.17, 15) is 9.18 Å². The predicted octanol–water partition coefficient (Wildman–Crippen LogP) is 2.68. The molecule has 0 spiro atoms. The zero-order valence-corrected chi connectivity index (χ0v) is 12.4. The van der Waals surface area contributed by atoms with Crippen LogP contribution in [0.1, 0.15) is 13.8 Å². The van der Waals surface area contributed by atoms with Crippen molar-refractivity contribution in [2.24, 2.45) is 11.1 Å². The Morgan fingerprint density at radius 1 is 1.53 bits per heavy atom. The van der Waals surface area contributed by atoms with Gasteiger partial charge in [0.15, 0.2) is 0 Å². The van der Waals surface area contributed by atoms with Crippen molar-refractivity contribution in [3.8, 4) is 0 Å². The first-order chi connectivity index (χ1) is 7.76. The molecule has 0 fully saturated rings. The Kier molecular flexibility index (Phi) is 4.42. The molecule has 17 heavy (non-hydrogen) atoms. The first kappa shape index (κ1) is 14.3. The van der Waals surface area contributed by atoms with Crippen LogP contribution in [0.25, 0.3) is 0 Å². The lowest BCUT2D eigenvalue weighted by Crippen LogP contribution is -2.41. The zero-order valence-electron chi connectivity index (χ0n) is 9.38. The third-order valence-electron chi connectivity index (χ3n) is 2.38. The van der Waals surface area contributed by atoms with Crippen molar-refractivity contribution in [2.45, 2.75) is 13.8 Å². The number of amides is 1. The van der Waals surface area contributed by atoms with Crippen LogP contribution in [0.15, 0.2) is 18.2 Å². The van der Waals surface area contributed by atoms with E-state index in [1.165, 1.54) is 12.1 Å². The lowest BCUT2D eigenvalue weighted by atomic mass is 9.92. The van der Waals surface area contributed by atoms with Crippen LogP contribution in [0.2, 0.25) is 0 Å². The van der Waals surface area contributed by atoms with Crippen molar-refractivity contribution < 1.29 is 9.18 Å². The van der Waals surface area contributed by atoms with Crippen LogP contribution >= 0.6 is 34.8 Å². The Labute approximate surface area is 118 Å². The summed E-state index contributed by atoms with van der Waals surface area (Å²) in [5, 5.41) is 2.62. The molecule has 0 radical (unpaired) electrons. The Hall–Kier alpha value is -0.760. The molecular weight excluding hydrogens is 354 g/mol. The van der Waals surface area contributed by atoms with Crippen molar-refractivity contribution in [1.82, 2.24) is 0 Å². The fourth-order valence-electron chi connectivity index (χ4n) is 0.991. The molecular formula is C11H12FIN2OS. The number of nitrogens with two attached hydrogens (primary N) is 1. The van der Waals surface area contributed by atoms with Gasteiger partial charge in [0.2, 0.25) is 5.91 Å². The normalized spacial score (nSPS) is 11.1. The maximum absolute atomic E-state index is 13.3. The van der Waals surface area contributed by atoms with Gasteiger partial charge in [-0.05, 0) is 48.6 Å². The molecule has 0 saturated heterocycles. The minimum absolute atomic E-state index is 0.0985. The molecule has 6 heteroatoms. The maximum atomic E-state index is 13.3. The number of anilines is 1. The van der Waals surface area contributed by atoms with Gasteiger partial charge in [0.05, 0.1) is 19.7 Å². The Balaban J connectivity index is 2.97. The van der Waals surface area contributed by atoms with Gasteiger partial charge in [-0.1, -0.05) is 18.3 Å². The average molecular weight is 366 g/mol. The molecule has 3 N–H and O–H groups in total. The molecule has 0 atom stereocenters. The van der Waals surface area contributed by atoms with Crippen LogP contribution in [-0.2, 0) is 4.79 Å². The zero-order chi connectivity index (χ0) is 13.2. The molecule has 1 aromatic rings. The standard InChI is InChI=1S/C11H12FIN2OS/c1-11(2,9(14)17)10(16)15-7-5-3-4-6(12)8(7)13/h3-5H,1-2H3,(H2,14,17)(H,15,16). The number of hydrogen-bond donors (Lipinski definition) is 2. The summed E-state index contributed by atoms with van der Waals surface area (Å²) in [6.07, 6.45) is 0. The van der Waals surface area contributed by atoms with Crippen LogP contribution in [0.5, 0.6) is 0 Å². The summed E-state index contributed by atoms with van der Waals surface area (Å²) in [5.74, 6) is -0.731. The summed E-state index contributed by atoms with van der Waals surface area (Å²) in [6, 6.07) is 4.48. The molecule has 0 saturated carbocycles. The van der Waals surface area contributed by atoms with Crippen molar-refractivity contribution in [2.75, 3.05) is 5.32 Å². The van der Waals surface area contributed by atoms with Gasteiger partial charge in [-0.15, -0.1) is 0 Å². The number of thiocarbonyl (C=S) groups is 1. The van der Waals surface area contributed by atoms with E-state index in [0.29, 0.717) is 9.26 Å². The number of rotatable bonds is 3. The van der Waals surface area contributed by atoms with Crippen LogP contribution in [0.3, 0.4) is 0 Å². The van der Waals surface area contributed by atoms with Gasteiger partial charge < -0.3 is 11.1 Å². The third-order valence-corrected chi connectivity index (χ3v) is 3.99. The Morgan fingerprint density at radius 2 is 2.12 bits per heavy atom. The van der Waals surface area contributed by atoms with E-state index in [-0.39, 0.29) is 16.7 Å². The molecule has 3 nitrogen and oxygen atoms in total. The summed E-state index contributed by atoms with van der Waals surface area (Å²) >= 11 is 6.65. The van der Waals surface area contributed by atoms with E-state index in [1.54, 1.807) is 19.9 Å². The Bertz CT molecular complexity index is 477. The maximum Gasteiger partial charge on any atom is 0.236 e. The second-order valence-electron chi connectivity index (χ2n) is 4.04. The highest BCUT2D eigenvalue weighted by Gasteiger charge is 2.31. The lowest BCUT2D eigenvalue weighted by molar-refractivity contribution is -0.121. The van der Waals surface area contributed by atoms with Gasteiger partial charge in [-0.3, -0.25) is 4.79 Å². The second kappa shape index (κ2) is 5.26. The van der Waals surface area contributed by atoms with E-state index in [0.717, 1.165) is 0 Å². The largest absolute Gasteiger partial charge is 0.392 e. The predicted molar refractivity (Wildman–Crippen MR) is 78.3 cm³/mol. The molecule has 0 aliphatic carbocycles. The monoisotopic (exact) mass is 366 g/mol. The summed E-state index contributed by atoms with van der Waals surface area (Å²) in [5.41, 5.74) is 4.94. The molecule has 1 rings (SSSR count). The van der Waals surface area contributed by atoms with Gasteiger partial charge in [0.1, 0.15) is 5.82 Å². The Morgan fingerprint density at radius 3 is 2.65 bits per heavy atom. The van der Waals surface area contributed by atoms with Crippen molar-refractivity contribution in [3.05, 3.63) is 27.6 Å². The quantitative estimate of drug-likeness (QED) is 0.639. The molecule has 1 amide bonds. The van der Waals surface area contributed by atoms with E-state index in [2.05, 4.69) is 5.32 Å². The number of benzene rings is 1. The smallest absolute Gasteiger partial charge is 0.236 e.